The van der Waals surface area contributed by atoms with Gasteiger partial charge in [-0.05, 0) is 11.6 Å². The van der Waals surface area contributed by atoms with Crippen molar-refractivity contribution >= 4 is 11.8 Å². The maximum absolute atomic E-state index is 14.1. The van der Waals surface area contributed by atoms with Crippen molar-refractivity contribution in [3.63, 3.8) is 0 Å². The minimum atomic E-state index is -3.05. The molecule has 2 saturated heterocycles. The van der Waals surface area contributed by atoms with Crippen LogP contribution in [-0.4, -0.2) is 81.4 Å². The van der Waals surface area contributed by atoms with Crippen LogP contribution in [0.15, 0.2) is 30.5 Å². The smallest absolute Gasteiger partial charge is 0.276 e. The first-order chi connectivity index (χ1) is 14.8. The van der Waals surface area contributed by atoms with Crippen LogP contribution in [0.25, 0.3) is 0 Å². The molecule has 0 aliphatic carbocycles. The summed E-state index contributed by atoms with van der Waals surface area (Å²) in [4.78, 5) is 27.8. The van der Waals surface area contributed by atoms with E-state index in [9.17, 15) is 22.8 Å². The number of carbonyl (C=O) groups is 2. The topological polar surface area (TPSA) is 80.6 Å². The Balaban J connectivity index is 1.45. The average Bonchev–Trinajstić information content (AvgIpc) is 3.33. The molecule has 3 heterocycles. The zero-order valence-electron chi connectivity index (χ0n) is 16.7. The van der Waals surface area contributed by atoms with Crippen molar-refractivity contribution in [2.45, 2.75) is 31.4 Å². The third kappa shape index (κ3) is 4.87. The van der Waals surface area contributed by atoms with Crippen molar-refractivity contribution in [2.75, 3.05) is 32.8 Å². The molecule has 4 rings (SSSR count). The summed E-state index contributed by atoms with van der Waals surface area (Å²) in [5.41, 5.74) is 0.261. The number of halogens is 3. The van der Waals surface area contributed by atoms with Gasteiger partial charge < -0.3 is 14.5 Å². The number of amides is 2. The highest BCUT2D eigenvalue weighted by molar-refractivity contribution is 5.92. The number of hydrogen-bond acceptors (Lipinski definition) is 5. The molecule has 2 fully saturated rings. The van der Waals surface area contributed by atoms with Crippen LogP contribution in [0.2, 0.25) is 0 Å². The molecule has 0 unspecified atom stereocenters. The molecule has 2 aliphatic rings. The third-order valence-corrected chi connectivity index (χ3v) is 5.45. The SMILES string of the molecule is O=C(c1cn(C[C@@H]2CC(F)(F)CN2C(=O)Cc2ccccc2F)nn1)N1CCOCC1. The van der Waals surface area contributed by atoms with E-state index in [4.69, 9.17) is 4.74 Å². The first-order valence-corrected chi connectivity index (χ1v) is 10.0. The van der Waals surface area contributed by atoms with Crippen molar-refractivity contribution in [1.82, 2.24) is 24.8 Å². The highest BCUT2D eigenvalue weighted by Crippen LogP contribution is 2.33. The van der Waals surface area contributed by atoms with Crippen LogP contribution in [-0.2, 0) is 22.5 Å². The Morgan fingerprint density at radius 3 is 2.68 bits per heavy atom. The highest BCUT2D eigenvalue weighted by atomic mass is 19.3. The van der Waals surface area contributed by atoms with Gasteiger partial charge in [0.25, 0.3) is 11.8 Å². The van der Waals surface area contributed by atoms with E-state index in [0.717, 1.165) is 4.90 Å². The van der Waals surface area contributed by atoms with Gasteiger partial charge in [-0.15, -0.1) is 5.10 Å². The molecule has 31 heavy (non-hydrogen) atoms. The van der Waals surface area contributed by atoms with Crippen molar-refractivity contribution in [2.24, 2.45) is 0 Å². The Bertz CT molecular complexity index is 961. The van der Waals surface area contributed by atoms with Gasteiger partial charge >= 0.3 is 0 Å². The molecular weight excluding hydrogens is 415 g/mol. The zero-order chi connectivity index (χ0) is 22.0. The first-order valence-electron chi connectivity index (χ1n) is 10.0. The molecule has 1 aromatic heterocycles. The molecule has 2 amide bonds. The van der Waals surface area contributed by atoms with Crippen LogP contribution in [0.5, 0.6) is 0 Å². The molecule has 1 aromatic carbocycles. The molecule has 1 atom stereocenters. The predicted octanol–water partition coefficient (Wildman–Crippen LogP) is 1.37. The largest absolute Gasteiger partial charge is 0.378 e. The summed E-state index contributed by atoms with van der Waals surface area (Å²) in [6, 6.07) is 4.92. The Labute approximate surface area is 176 Å². The third-order valence-electron chi connectivity index (χ3n) is 5.45. The second-order valence-corrected chi connectivity index (χ2v) is 7.73. The van der Waals surface area contributed by atoms with Crippen LogP contribution < -0.4 is 0 Å². The lowest BCUT2D eigenvalue weighted by Crippen LogP contribution is -2.41. The van der Waals surface area contributed by atoms with Gasteiger partial charge in [0.15, 0.2) is 5.69 Å². The number of morpholine rings is 1. The minimum absolute atomic E-state index is 0.0397. The molecule has 0 N–H and O–H groups in total. The molecule has 0 saturated carbocycles. The van der Waals surface area contributed by atoms with Crippen molar-refractivity contribution in [3.05, 3.63) is 47.5 Å². The van der Waals surface area contributed by atoms with Crippen LogP contribution in [0.1, 0.15) is 22.5 Å². The summed E-state index contributed by atoms with van der Waals surface area (Å²) in [7, 11) is 0. The maximum Gasteiger partial charge on any atom is 0.276 e. The van der Waals surface area contributed by atoms with Crippen molar-refractivity contribution < 1.29 is 27.5 Å². The van der Waals surface area contributed by atoms with Gasteiger partial charge in [-0.2, -0.15) is 0 Å². The second kappa shape index (κ2) is 8.66. The van der Waals surface area contributed by atoms with Crippen molar-refractivity contribution in [1.29, 1.82) is 0 Å². The van der Waals surface area contributed by atoms with E-state index < -0.39 is 36.7 Å². The van der Waals surface area contributed by atoms with E-state index in [0.29, 0.717) is 26.3 Å². The van der Waals surface area contributed by atoms with E-state index in [1.54, 1.807) is 11.0 Å². The molecule has 8 nitrogen and oxygen atoms in total. The number of aromatic nitrogens is 3. The van der Waals surface area contributed by atoms with E-state index in [1.165, 1.54) is 29.1 Å². The number of likely N-dealkylation sites (tertiary alicyclic amines) is 1. The molecule has 2 aromatic rings. The minimum Gasteiger partial charge on any atom is -0.378 e. The van der Waals surface area contributed by atoms with E-state index in [2.05, 4.69) is 10.3 Å². The molecule has 11 heteroatoms. The fourth-order valence-corrected chi connectivity index (χ4v) is 3.89. The standard InChI is InChI=1S/C20H22F3N5O3/c21-16-4-2-1-3-14(16)9-18(29)28-13-20(22,23)10-15(28)11-27-12-17(24-25-27)19(30)26-5-7-31-8-6-26/h1-4,12,15H,5-11,13H2/t15-/m0/s1. The van der Waals surface area contributed by atoms with Crippen LogP contribution in [0.4, 0.5) is 13.2 Å². The number of rotatable bonds is 5. The Kier molecular flexibility index (Phi) is 5.94. The first kappa shape index (κ1) is 21.3. The summed E-state index contributed by atoms with van der Waals surface area (Å²) in [5.74, 6) is -4.50. The summed E-state index contributed by atoms with van der Waals surface area (Å²) in [5, 5.41) is 7.74. The highest BCUT2D eigenvalue weighted by Gasteiger charge is 2.47. The van der Waals surface area contributed by atoms with Gasteiger partial charge in [0.2, 0.25) is 5.91 Å². The lowest BCUT2D eigenvalue weighted by Gasteiger charge is -2.25. The lowest BCUT2D eigenvalue weighted by atomic mass is 10.1. The normalized spacial score (nSPS) is 20.8. The van der Waals surface area contributed by atoms with Crippen LogP contribution in [0, 0.1) is 5.82 Å². The van der Waals surface area contributed by atoms with E-state index in [-0.39, 0.29) is 30.1 Å². The molecular formula is C20H22F3N5O3. The van der Waals surface area contributed by atoms with Crippen LogP contribution in [0.3, 0.4) is 0 Å². The predicted molar refractivity (Wildman–Crippen MR) is 102 cm³/mol. The number of carbonyl (C=O) groups excluding carboxylic acids is 2. The Morgan fingerprint density at radius 1 is 1.19 bits per heavy atom. The molecule has 0 bridgehead atoms. The fourth-order valence-electron chi connectivity index (χ4n) is 3.89. The summed E-state index contributed by atoms with van der Waals surface area (Å²) in [6.07, 6.45) is 0.549. The summed E-state index contributed by atoms with van der Waals surface area (Å²) in [6.45, 7) is 0.991. The van der Waals surface area contributed by atoms with Gasteiger partial charge in [0.1, 0.15) is 5.82 Å². The Morgan fingerprint density at radius 2 is 1.94 bits per heavy atom. The second-order valence-electron chi connectivity index (χ2n) is 7.73. The fraction of sp³-hybridized carbons (Fsp3) is 0.500. The van der Waals surface area contributed by atoms with Crippen molar-refractivity contribution in [3.8, 4) is 0 Å². The summed E-state index contributed by atoms with van der Waals surface area (Å²) < 4.78 is 48.6. The molecule has 166 valence electrons. The molecule has 2 aliphatic heterocycles. The van der Waals surface area contributed by atoms with E-state index in [1.807, 2.05) is 0 Å². The van der Waals surface area contributed by atoms with Gasteiger partial charge in [0.05, 0.1) is 45.0 Å². The number of benzene rings is 1. The molecule has 0 radical (unpaired) electrons. The van der Waals surface area contributed by atoms with Gasteiger partial charge in [-0.1, -0.05) is 23.4 Å². The van der Waals surface area contributed by atoms with E-state index >= 15 is 0 Å². The zero-order valence-corrected chi connectivity index (χ0v) is 16.7. The number of hydrogen-bond donors (Lipinski definition) is 0. The Hall–Kier alpha value is -2.95. The number of alkyl halides is 2. The summed E-state index contributed by atoms with van der Waals surface area (Å²) >= 11 is 0. The lowest BCUT2D eigenvalue weighted by molar-refractivity contribution is -0.132. The van der Waals surface area contributed by atoms with Gasteiger partial charge in [0, 0.05) is 19.5 Å². The number of ether oxygens (including phenoxy) is 1. The maximum atomic E-state index is 14.1. The quantitative estimate of drug-likeness (QED) is 0.706. The van der Waals surface area contributed by atoms with Gasteiger partial charge in [-0.3, -0.25) is 9.59 Å². The molecule has 0 spiro atoms. The average molecular weight is 437 g/mol. The van der Waals surface area contributed by atoms with Gasteiger partial charge in [-0.25, -0.2) is 17.9 Å². The van der Waals surface area contributed by atoms with Crippen LogP contribution >= 0.6 is 0 Å². The monoisotopic (exact) mass is 437 g/mol. The number of nitrogens with zero attached hydrogens (tertiary/aromatic N) is 5.